The predicted molar refractivity (Wildman–Crippen MR) is 113 cm³/mol. The summed E-state index contributed by atoms with van der Waals surface area (Å²) in [6, 6.07) is -0.00611. The molecule has 8 nitrogen and oxygen atoms in total. The highest BCUT2D eigenvalue weighted by molar-refractivity contribution is 5.95. The van der Waals surface area contributed by atoms with E-state index in [0.29, 0.717) is 54.9 Å². The van der Waals surface area contributed by atoms with E-state index in [1.807, 2.05) is 4.90 Å². The molecule has 7 rings (SSSR count). The van der Waals surface area contributed by atoms with E-state index < -0.39 is 5.60 Å². The monoisotopic (exact) mass is 428 g/mol. The second-order valence-electron chi connectivity index (χ2n) is 10.5. The summed E-state index contributed by atoms with van der Waals surface area (Å²) in [5.41, 5.74) is 0.934. The number of carbonyl (C=O) groups is 1. The molecule has 2 heterocycles. The van der Waals surface area contributed by atoms with Crippen LogP contribution in [0, 0.1) is 17.8 Å². The van der Waals surface area contributed by atoms with Crippen LogP contribution in [0.15, 0.2) is 6.20 Å². The lowest BCUT2D eigenvalue weighted by molar-refractivity contribution is -0.136. The fourth-order valence-corrected chi connectivity index (χ4v) is 6.88. The fraction of sp³-hybridized carbons (Fsp3) is 0.783. The van der Waals surface area contributed by atoms with Gasteiger partial charge in [0.15, 0.2) is 0 Å². The van der Waals surface area contributed by atoms with Crippen molar-refractivity contribution in [1.29, 1.82) is 0 Å². The third kappa shape index (κ3) is 3.52. The quantitative estimate of drug-likeness (QED) is 0.647. The van der Waals surface area contributed by atoms with Crippen LogP contribution in [0.5, 0.6) is 0 Å². The molecule has 1 saturated heterocycles. The Hall–Kier alpha value is -1.77. The molecule has 6 aliphatic rings. The normalized spacial score (nSPS) is 39.0. The van der Waals surface area contributed by atoms with E-state index in [4.69, 9.17) is 9.72 Å². The Bertz CT molecular complexity index is 859. The summed E-state index contributed by atoms with van der Waals surface area (Å²) in [7, 11) is 0. The van der Waals surface area contributed by atoms with Crippen LogP contribution in [0.3, 0.4) is 0 Å². The lowest BCUT2D eigenvalue weighted by Crippen LogP contribution is -2.61. The van der Waals surface area contributed by atoms with E-state index >= 15 is 0 Å². The number of aromatic nitrogens is 2. The molecule has 4 bridgehead atoms. The number of hydrogen-bond donors (Lipinski definition) is 3. The van der Waals surface area contributed by atoms with Crippen molar-refractivity contribution in [2.45, 2.75) is 68.5 Å². The van der Waals surface area contributed by atoms with Crippen molar-refractivity contribution >= 4 is 11.9 Å². The Labute approximate surface area is 182 Å². The number of aliphatic hydroxyl groups is 2. The van der Waals surface area contributed by atoms with Crippen molar-refractivity contribution in [2.24, 2.45) is 17.8 Å². The maximum atomic E-state index is 13.4. The topological polar surface area (TPSA) is 108 Å². The van der Waals surface area contributed by atoms with Gasteiger partial charge in [-0.1, -0.05) is 0 Å². The fourth-order valence-electron chi connectivity index (χ4n) is 6.88. The maximum Gasteiger partial charge on any atom is 0.254 e. The predicted octanol–water partition coefficient (Wildman–Crippen LogP) is 1.22. The minimum absolute atomic E-state index is 0.0117. The number of morpholine rings is 1. The van der Waals surface area contributed by atoms with Crippen molar-refractivity contribution in [2.75, 3.05) is 31.3 Å². The zero-order valence-corrected chi connectivity index (χ0v) is 17.9. The summed E-state index contributed by atoms with van der Waals surface area (Å²) >= 11 is 0. The highest BCUT2D eigenvalue weighted by Gasteiger charge is 2.55. The molecule has 8 heteroatoms. The van der Waals surface area contributed by atoms with Gasteiger partial charge in [0.25, 0.3) is 5.91 Å². The smallest absolute Gasteiger partial charge is 0.254 e. The molecular weight excluding hydrogens is 396 g/mol. The molecule has 1 amide bonds. The first-order valence-corrected chi connectivity index (χ1v) is 11.9. The molecule has 1 aliphatic heterocycles. The van der Waals surface area contributed by atoms with Gasteiger partial charge >= 0.3 is 0 Å². The second kappa shape index (κ2) is 7.39. The Morgan fingerprint density at radius 1 is 1.26 bits per heavy atom. The molecule has 0 aromatic carbocycles. The molecule has 6 fully saturated rings. The van der Waals surface area contributed by atoms with E-state index in [0.717, 1.165) is 50.6 Å². The minimum atomic E-state index is -0.497. The van der Waals surface area contributed by atoms with Gasteiger partial charge in [-0.2, -0.15) is 0 Å². The number of aliphatic hydroxyl groups excluding tert-OH is 1. The Morgan fingerprint density at radius 3 is 2.71 bits per heavy atom. The van der Waals surface area contributed by atoms with Crippen molar-refractivity contribution in [3.05, 3.63) is 17.5 Å². The third-order valence-electron chi connectivity index (χ3n) is 8.25. The molecule has 31 heavy (non-hydrogen) atoms. The van der Waals surface area contributed by atoms with E-state index in [1.54, 1.807) is 6.20 Å². The number of amides is 1. The number of hydrogen-bond acceptors (Lipinski definition) is 7. The van der Waals surface area contributed by atoms with Crippen molar-refractivity contribution < 1.29 is 19.7 Å². The van der Waals surface area contributed by atoms with Crippen LogP contribution in [0.4, 0.5) is 5.95 Å². The average Bonchev–Trinajstić information content (AvgIpc) is 3.60. The van der Waals surface area contributed by atoms with Crippen LogP contribution in [0.25, 0.3) is 0 Å². The molecule has 3 N–H and O–H groups in total. The zero-order chi connectivity index (χ0) is 21.2. The summed E-state index contributed by atoms with van der Waals surface area (Å²) in [5, 5.41) is 23.9. The van der Waals surface area contributed by atoms with Crippen LogP contribution in [0.1, 0.15) is 66.9 Å². The van der Waals surface area contributed by atoms with Gasteiger partial charge in [0, 0.05) is 24.7 Å². The number of rotatable bonds is 5. The molecule has 0 spiro atoms. The lowest BCUT2D eigenvalue weighted by atomic mass is 9.52. The minimum Gasteiger partial charge on any atom is -0.394 e. The Morgan fingerprint density at radius 2 is 2.03 bits per heavy atom. The molecule has 1 aromatic heterocycles. The third-order valence-corrected chi connectivity index (χ3v) is 8.25. The molecule has 1 aromatic rings. The van der Waals surface area contributed by atoms with Gasteiger partial charge in [0.1, 0.15) is 0 Å². The molecule has 168 valence electrons. The number of nitrogens with zero attached hydrogens (tertiary/aromatic N) is 3. The van der Waals surface area contributed by atoms with Crippen LogP contribution >= 0.6 is 0 Å². The molecule has 0 radical (unpaired) electrons. The molecule has 3 unspecified atom stereocenters. The van der Waals surface area contributed by atoms with Crippen molar-refractivity contribution in [3.63, 3.8) is 0 Å². The first-order chi connectivity index (χ1) is 15.0. The van der Waals surface area contributed by atoms with E-state index in [2.05, 4.69) is 10.3 Å². The van der Waals surface area contributed by atoms with Crippen LogP contribution in [0.2, 0.25) is 0 Å². The van der Waals surface area contributed by atoms with Gasteiger partial charge in [0.2, 0.25) is 5.95 Å². The number of ether oxygens (including phenoxy) is 1. The lowest BCUT2D eigenvalue weighted by Gasteiger charge is -2.58. The van der Waals surface area contributed by atoms with Crippen LogP contribution < -0.4 is 10.2 Å². The summed E-state index contributed by atoms with van der Waals surface area (Å²) in [4.78, 5) is 24.7. The average molecular weight is 429 g/mol. The van der Waals surface area contributed by atoms with Gasteiger partial charge in [-0.05, 0) is 62.7 Å². The number of anilines is 1. The van der Waals surface area contributed by atoms with E-state index in [1.165, 1.54) is 0 Å². The summed E-state index contributed by atoms with van der Waals surface area (Å²) in [6.07, 6.45) is 8.59. The van der Waals surface area contributed by atoms with Gasteiger partial charge in [-0.3, -0.25) is 4.79 Å². The van der Waals surface area contributed by atoms with Gasteiger partial charge in [-0.25, -0.2) is 9.97 Å². The van der Waals surface area contributed by atoms with Gasteiger partial charge < -0.3 is 25.2 Å². The van der Waals surface area contributed by atoms with Crippen LogP contribution in [-0.4, -0.2) is 70.1 Å². The largest absolute Gasteiger partial charge is 0.394 e. The Kier molecular flexibility index (Phi) is 4.74. The first kappa shape index (κ1) is 19.9. The SMILES string of the molecule is O=C(NC1C2CC3CC1CC(O)(C3)C2)c1cnc(N2CCOCC2CO)nc1C1CC1. The zero-order valence-electron chi connectivity index (χ0n) is 17.9. The van der Waals surface area contributed by atoms with Crippen molar-refractivity contribution in [3.8, 4) is 0 Å². The van der Waals surface area contributed by atoms with Gasteiger partial charge in [-0.15, -0.1) is 0 Å². The summed E-state index contributed by atoms with van der Waals surface area (Å²) in [6.45, 7) is 1.66. The standard InChI is InChI=1S/C23H32N4O4/c28-11-17-12-31-4-3-27(17)22-24-10-18(20(26-22)14-1-2-14)21(29)25-19-15-5-13-6-16(19)9-23(30,7-13)8-15/h10,13-17,19,28,30H,1-9,11-12H2,(H,25,29). The summed E-state index contributed by atoms with van der Waals surface area (Å²) in [5.74, 6) is 2.20. The van der Waals surface area contributed by atoms with Gasteiger partial charge in [0.05, 0.1) is 42.7 Å². The van der Waals surface area contributed by atoms with Crippen molar-refractivity contribution in [1.82, 2.24) is 15.3 Å². The second-order valence-corrected chi connectivity index (χ2v) is 10.5. The van der Waals surface area contributed by atoms with E-state index in [-0.39, 0.29) is 24.6 Å². The molecule has 5 saturated carbocycles. The Balaban J connectivity index is 1.23. The molecule has 3 atom stereocenters. The highest BCUT2D eigenvalue weighted by Crippen LogP contribution is 2.55. The van der Waals surface area contributed by atoms with E-state index in [9.17, 15) is 15.0 Å². The molecular formula is C23H32N4O4. The first-order valence-electron chi connectivity index (χ1n) is 11.9. The highest BCUT2D eigenvalue weighted by atomic mass is 16.5. The number of nitrogens with one attached hydrogen (secondary N) is 1. The maximum absolute atomic E-state index is 13.4. The summed E-state index contributed by atoms with van der Waals surface area (Å²) < 4.78 is 5.48. The van der Waals surface area contributed by atoms with Crippen LogP contribution in [-0.2, 0) is 4.74 Å². The molecule has 5 aliphatic carbocycles. The number of carbonyl (C=O) groups excluding carboxylic acids is 1.